The number of hydrogen-bond acceptors (Lipinski definition) is 9. The van der Waals surface area contributed by atoms with Crippen LogP contribution in [0.4, 0.5) is 0 Å². The Morgan fingerprint density at radius 2 is 1.54 bits per heavy atom. The minimum Gasteiger partial charge on any atom is -0.480 e. The maximum absolute atomic E-state index is 12.2. The van der Waals surface area contributed by atoms with Crippen LogP contribution in [-0.2, 0) is 24.0 Å². The number of nitrogens with two attached hydrogens (primary N) is 2. The van der Waals surface area contributed by atoms with Crippen molar-refractivity contribution in [3.8, 4) is 0 Å². The largest absolute Gasteiger partial charge is 0.480 e. The molecule has 0 fully saturated rings. The highest BCUT2D eigenvalue weighted by Crippen LogP contribution is 1.99. The average molecular weight is 423 g/mol. The third-order valence-corrected chi connectivity index (χ3v) is 3.82. The Morgan fingerprint density at radius 3 is 1.93 bits per heavy atom. The molecule has 0 aromatic heterocycles. The van der Waals surface area contributed by atoms with Crippen LogP contribution in [0.3, 0.4) is 0 Å². The van der Waals surface area contributed by atoms with Crippen LogP contribution in [-0.4, -0.2) is 87.5 Å². The summed E-state index contributed by atoms with van der Waals surface area (Å²) in [5, 5.41) is 34.2. The second-order valence-electron chi connectivity index (χ2n) is 5.83. The summed E-state index contributed by atoms with van der Waals surface area (Å²) in [6.07, 6.45) is -2.19. The fourth-order valence-electron chi connectivity index (χ4n) is 1.88. The molecule has 28 heavy (non-hydrogen) atoms. The van der Waals surface area contributed by atoms with E-state index in [-0.39, 0.29) is 5.75 Å². The van der Waals surface area contributed by atoms with E-state index in [0.717, 1.165) is 6.92 Å². The fraction of sp³-hybridized carbons (Fsp3) is 0.643. The standard InChI is InChI=1S/C14H25N5O8S/c1-5(21)10(13(25)17-7(14(26)27)2-9(16)22)19-12(24)8(3-20)18-11(23)6(15)4-28/h5-8,10,20-21,28H,2-4,15H2,1H3,(H2,16,22)(H,17,25)(H,18,23)(H,19,24)(H,26,27). The molecule has 4 amide bonds. The zero-order chi connectivity index (χ0) is 22.0. The number of hydrogen-bond donors (Lipinski definition) is 9. The second kappa shape index (κ2) is 12.1. The normalized spacial score (nSPS) is 16.0. The zero-order valence-electron chi connectivity index (χ0n) is 15.0. The van der Waals surface area contributed by atoms with E-state index >= 15 is 0 Å². The van der Waals surface area contributed by atoms with Gasteiger partial charge in [0, 0.05) is 5.75 Å². The molecule has 0 aliphatic rings. The van der Waals surface area contributed by atoms with Gasteiger partial charge in [0.05, 0.1) is 25.2 Å². The molecule has 0 bridgehead atoms. The van der Waals surface area contributed by atoms with Crippen molar-refractivity contribution in [3.63, 3.8) is 0 Å². The van der Waals surface area contributed by atoms with E-state index in [2.05, 4.69) is 23.3 Å². The van der Waals surface area contributed by atoms with E-state index in [1.54, 1.807) is 0 Å². The molecule has 0 rings (SSSR count). The number of carboxylic acids is 1. The van der Waals surface area contributed by atoms with Crippen LogP contribution in [0.25, 0.3) is 0 Å². The van der Waals surface area contributed by atoms with Crippen molar-refractivity contribution in [3.05, 3.63) is 0 Å². The van der Waals surface area contributed by atoms with Crippen LogP contribution >= 0.6 is 12.6 Å². The Labute approximate surface area is 165 Å². The molecule has 13 nitrogen and oxygen atoms in total. The number of nitrogens with one attached hydrogen (secondary N) is 3. The fourth-order valence-corrected chi connectivity index (χ4v) is 2.04. The molecule has 0 spiro atoms. The van der Waals surface area contributed by atoms with Crippen LogP contribution in [0.2, 0.25) is 0 Å². The Balaban J connectivity index is 5.18. The topological polar surface area (TPSA) is 234 Å². The lowest BCUT2D eigenvalue weighted by Crippen LogP contribution is -2.60. The highest BCUT2D eigenvalue weighted by atomic mass is 32.1. The van der Waals surface area contributed by atoms with Gasteiger partial charge in [0.1, 0.15) is 18.1 Å². The van der Waals surface area contributed by atoms with E-state index < -0.39 is 72.9 Å². The second-order valence-corrected chi connectivity index (χ2v) is 6.19. The molecule has 5 atom stereocenters. The van der Waals surface area contributed by atoms with Crippen molar-refractivity contribution in [2.24, 2.45) is 11.5 Å². The van der Waals surface area contributed by atoms with Crippen molar-refractivity contribution in [2.45, 2.75) is 43.6 Å². The van der Waals surface area contributed by atoms with Crippen molar-refractivity contribution < 1.29 is 39.3 Å². The molecule has 0 aliphatic heterocycles. The zero-order valence-corrected chi connectivity index (χ0v) is 15.9. The predicted molar refractivity (Wildman–Crippen MR) is 97.8 cm³/mol. The van der Waals surface area contributed by atoms with Crippen LogP contribution in [0.15, 0.2) is 0 Å². The molecule has 0 heterocycles. The van der Waals surface area contributed by atoms with Crippen molar-refractivity contribution in [1.82, 2.24) is 16.0 Å². The first-order valence-corrected chi connectivity index (χ1v) is 8.65. The molecule has 10 N–H and O–H groups in total. The minimum absolute atomic E-state index is 0.0270. The van der Waals surface area contributed by atoms with Gasteiger partial charge in [-0.15, -0.1) is 0 Å². The van der Waals surface area contributed by atoms with Gasteiger partial charge in [-0.2, -0.15) is 12.6 Å². The summed E-state index contributed by atoms with van der Waals surface area (Å²) < 4.78 is 0. The molecule has 0 aromatic rings. The van der Waals surface area contributed by atoms with Crippen LogP contribution in [0.1, 0.15) is 13.3 Å². The van der Waals surface area contributed by atoms with Crippen LogP contribution < -0.4 is 27.4 Å². The SMILES string of the molecule is CC(O)C(NC(=O)C(CO)NC(=O)C(N)CS)C(=O)NC(CC(N)=O)C(=O)O. The lowest BCUT2D eigenvalue weighted by molar-refractivity contribution is -0.144. The first-order chi connectivity index (χ1) is 12.9. The van der Waals surface area contributed by atoms with E-state index in [1.165, 1.54) is 0 Å². The first kappa shape index (κ1) is 25.6. The van der Waals surface area contributed by atoms with E-state index in [9.17, 15) is 34.2 Å². The summed E-state index contributed by atoms with van der Waals surface area (Å²) in [6.45, 7) is 0.294. The van der Waals surface area contributed by atoms with Crippen LogP contribution in [0, 0.1) is 0 Å². The minimum atomic E-state index is -1.68. The average Bonchev–Trinajstić information content (AvgIpc) is 2.61. The highest BCUT2D eigenvalue weighted by molar-refractivity contribution is 7.80. The molecule has 0 saturated heterocycles. The molecule has 14 heteroatoms. The number of thiol groups is 1. The van der Waals surface area contributed by atoms with E-state index in [0.29, 0.717) is 0 Å². The van der Waals surface area contributed by atoms with Gasteiger partial charge in [0.2, 0.25) is 23.6 Å². The molecule has 0 aromatic carbocycles. The lowest BCUT2D eigenvalue weighted by atomic mass is 10.1. The van der Waals surface area contributed by atoms with Crippen LogP contribution in [0.5, 0.6) is 0 Å². The van der Waals surface area contributed by atoms with Crippen molar-refractivity contribution >= 4 is 42.2 Å². The number of aliphatic carboxylic acids is 1. The quantitative estimate of drug-likeness (QED) is 0.136. The van der Waals surface area contributed by atoms with Gasteiger partial charge in [-0.3, -0.25) is 19.2 Å². The van der Waals surface area contributed by atoms with E-state index in [4.69, 9.17) is 16.6 Å². The number of aliphatic hydroxyl groups excluding tert-OH is 2. The summed E-state index contributed by atoms with van der Waals surface area (Å²) in [6, 6.07) is -5.86. The highest BCUT2D eigenvalue weighted by Gasteiger charge is 2.32. The Morgan fingerprint density at radius 1 is 1.00 bits per heavy atom. The van der Waals surface area contributed by atoms with Crippen molar-refractivity contribution in [1.29, 1.82) is 0 Å². The third kappa shape index (κ3) is 8.51. The third-order valence-electron chi connectivity index (χ3n) is 3.43. The Kier molecular flexibility index (Phi) is 11.1. The summed E-state index contributed by atoms with van der Waals surface area (Å²) in [5.41, 5.74) is 10.3. The van der Waals surface area contributed by atoms with Gasteiger partial charge < -0.3 is 42.7 Å². The number of carboxylic acid groups (broad SMARTS) is 1. The molecule has 160 valence electrons. The van der Waals surface area contributed by atoms with Crippen molar-refractivity contribution in [2.75, 3.05) is 12.4 Å². The summed E-state index contributed by atoms with van der Waals surface area (Å²) in [7, 11) is 0. The summed E-state index contributed by atoms with van der Waals surface area (Å²) in [5.74, 6) is -5.51. The molecular formula is C14H25N5O8S. The van der Waals surface area contributed by atoms with Gasteiger partial charge in [-0.05, 0) is 6.92 Å². The predicted octanol–water partition coefficient (Wildman–Crippen LogP) is -4.97. The molecular weight excluding hydrogens is 398 g/mol. The lowest BCUT2D eigenvalue weighted by Gasteiger charge is -2.25. The Bertz CT molecular complexity index is 602. The maximum Gasteiger partial charge on any atom is 0.326 e. The maximum atomic E-state index is 12.2. The van der Waals surface area contributed by atoms with Gasteiger partial charge in [-0.1, -0.05) is 0 Å². The number of amides is 4. The number of aliphatic hydroxyl groups is 2. The monoisotopic (exact) mass is 423 g/mol. The molecule has 5 unspecified atom stereocenters. The summed E-state index contributed by atoms with van der Waals surface area (Å²) in [4.78, 5) is 58.1. The Hall–Kier alpha value is -2.42. The smallest absolute Gasteiger partial charge is 0.326 e. The van der Waals surface area contributed by atoms with Gasteiger partial charge >= 0.3 is 5.97 Å². The number of carbonyl (C=O) groups excluding carboxylic acids is 4. The first-order valence-electron chi connectivity index (χ1n) is 8.02. The molecule has 0 saturated carbocycles. The van der Waals surface area contributed by atoms with Gasteiger partial charge in [-0.25, -0.2) is 4.79 Å². The number of primary amides is 1. The number of rotatable bonds is 12. The molecule has 0 aliphatic carbocycles. The van der Waals surface area contributed by atoms with Gasteiger partial charge in [0.15, 0.2) is 0 Å². The van der Waals surface area contributed by atoms with E-state index in [1.807, 2.05) is 5.32 Å². The number of carbonyl (C=O) groups is 5. The molecule has 0 radical (unpaired) electrons. The van der Waals surface area contributed by atoms with Gasteiger partial charge in [0.25, 0.3) is 0 Å². The summed E-state index contributed by atoms with van der Waals surface area (Å²) >= 11 is 3.82.